The van der Waals surface area contributed by atoms with E-state index in [1.54, 1.807) is 11.3 Å². The molecule has 6 aromatic carbocycles. The van der Waals surface area contributed by atoms with E-state index in [4.69, 9.17) is 4.98 Å². The third kappa shape index (κ3) is 3.82. The molecule has 2 aliphatic heterocycles. The van der Waals surface area contributed by atoms with Crippen LogP contribution in [0.4, 0.5) is 56.9 Å². The number of hydrogen-bond acceptors (Lipinski definition) is 6. The zero-order valence-electron chi connectivity index (χ0n) is 24.9. The SMILES string of the molecule is CN1c2ccccc2N(c2cccc(N3c4ccccc4N(C)c4ccccc43)c2-c2nc3ccccc3s2)c2ccccc21. The second-order valence-corrected chi connectivity index (χ2v) is 12.4. The maximum absolute atomic E-state index is 5.29. The molecule has 0 spiro atoms. The van der Waals surface area contributed by atoms with Crippen LogP contribution in [0.2, 0.25) is 0 Å². The number of thiazole rings is 1. The molecule has 0 saturated heterocycles. The van der Waals surface area contributed by atoms with Gasteiger partial charge >= 0.3 is 0 Å². The second kappa shape index (κ2) is 9.97. The fraction of sp³-hybridized carbons (Fsp3) is 0.0513. The number of hydrogen-bond donors (Lipinski definition) is 0. The smallest absolute Gasteiger partial charge is 0.128 e. The molecule has 0 fully saturated rings. The number of para-hydroxylation sites is 9. The van der Waals surface area contributed by atoms with Crippen molar-refractivity contribution in [2.45, 2.75) is 0 Å². The summed E-state index contributed by atoms with van der Waals surface area (Å²) in [6.07, 6.45) is 0. The molecule has 0 radical (unpaired) electrons. The van der Waals surface area contributed by atoms with Gasteiger partial charge in [-0.2, -0.15) is 0 Å². The summed E-state index contributed by atoms with van der Waals surface area (Å²) in [7, 11) is 4.30. The maximum Gasteiger partial charge on any atom is 0.128 e. The topological polar surface area (TPSA) is 25.9 Å². The van der Waals surface area contributed by atoms with E-state index in [9.17, 15) is 0 Å². The molecule has 0 aliphatic carbocycles. The summed E-state index contributed by atoms with van der Waals surface area (Å²) in [5.74, 6) is 0. The minimum absolute atomic E-state index is 0.990. The fourth-order valence-corrected chi connectivity index (χ4v) is 7.91. The first-order valence-corrected chi connectivity index (χ1v) is 15.9. The molecule has 6 heteroatoms. The summed E-state index contributed by atoms with van der Waals surface area (Å²) in [5, 5.41) is 0.990. The Labute approximate surface area is 266 Å². The molecular formula is C39H29N5S. The first-order chi connectivity index (χ1) is 22.2. The highest BCUT2D eigenvalue weighted by molar-refractivity contribution is 7.21. The molecule has 0 bridgehead atoms. The van der Waals surface area contributed by atoms with Gasteiger partial charge in [0.25, 0.3) is 0 Å². The van der Waals surface area contributed by atoms with Crippen LogP contribution >= 0.6 is 11.3 Å². The van der Waals surface area contributed by atoms with Crippen LogP contribution in [0.15, 0.2) is 140 Å². The van der Waals surface area contributed by atoms with Gasteiger partial charge in [0, 0.05) is 14.1 Å². The van der Waals surface area contributed by atoms with Crippen LogP contribution in [0.25, 0.3) is 20.8 Å². The Bertz CT molecular complexity index is 2010. The number of rotatable bonds is 3. The Morgan fingerprint density at radius 1 is 0.400 bits per heavy atom. The quantitative estimate of drug-likeness (QED) is 0.201. The van der Waals surface area contributed by atoms with Gasteiger partial charge in [0.05, 0.1) is 72.7 Å². The number of aromatic nitrogens is 1. The van der Waals surface area contributed by atoms with Gasteiger partial charge < -0.3 is 19.6 Å². The molecule has 3 heterocycles. The minimum atomic E-state index is 0.990. The molecule has 0 N–H and O–H groups in total. The van der Waals surface area contributed by atoms with Crippen molar-refractivity contribution in [1.82, 2.24) is 4.98 Å². The Morgan fingerprint density at radius 2 is 0.756 bits per heavy atom. The van der Waals surface area contributed by atoms with Gasteiger partial charge in [-0.05, 0) is 72.8 Å². The molecule has 1 aromatic heterocycles. The van der Waals surface area contributed by atoms with Gasteiger partial charge in [-0.25, -0.2) is 4.98 Å². The van der Waals surface area contributed by atoms with E-state index in [0.717, 1.165) is 73.0 Å². The number of nitrogens with zero attached hydrogens (tertiary/aromatic N) is 5. The molecule has 45 heavy (non-hydrogen) atoms. The lowest BCUT2D eigenvalue weighted by molar-refractivity contribution is 1.12. The highest BCUT2D eigenvalue weighted by Gasteiger charge is 2.34. The number of anilines is 10. The van der Waals surface area contributed by atoms with Crippen LogP contribution in [0.5, 0.6) is 0 Å². The van der Waals surface area contributed by atoms with Crippen LogP contribution in [-0.4, -0.2) is 19.1 Å². The van der Waals surface area contributed by atoms with E-state index in [1.165, 1.54) is 4.70 Å². The summed E-state index contributed by atoms with van der Waals surface area (Å²) in [5.41, 5.74) is 13.5. The summed E-state index contributed by atoms with van der Waals surface area (Å²) in [4.78, 5) is 14.7. The standard InChI is InChI=1S/C39H29N5S/c1-41-27-15-4-8-19-31(27)43(32-20-9-5-16-28(32)41)35-23-13-24-36(38(35)39-40-26-14-3-12-25-37(26)45-39)44-33-21-10-6-17-29(33)42(2)30-18-7-11-22-34(30)44/h3-25H,1-2H3. The molecule has 0 atom stereocenters. The number of fused-ring (bicyclic) bond motifs is 5. The summed E-state index contributed by atoms with van der Waals surface area (Å²) < 4.78 is 1.17. The Balaban J connectivity index is 1.39. The van der Waals surface area contributed by atoms with Crippen molar-refractivity contribution < 1.29 is 0 Å². The average Bonchev–Trinajstić information content (AvgIpc) is 3.53. The van der Waals surface area contributed by atoms with Crippen LogP contribution in [-0.2, 0) is 0 Å². The van der Waals surface area contributed by atoms with Gasteiger partial charge in [0.2, 0.25) is 0 Å². The fourth-order valence-electron chi connectivity index (χ4n) is 6.88. The van der Waals surface area contributed by atoms with Gasteiger partial charge in [-0.3, -0.25) is 0 Å². The Morgan fingerprint density at radius 3 is 1.18 bits per heavy atom. The molecule has 0 amide bonds. The molecule has 9 rings (SSSR count). The zero-order chi connectivity index (χ0) is 30.1. The lowest BCUT2D eigenvalue weighted by Gasteiger charge is -2.41. The van der Waals surface area contributed by atoms with E-state index in [1.807, 2.05) is 0 Å². The first-order valence-electron chi connectivity index (χ1n) is 15.1. The molecule has 7 aromatic rings. The molecule has 216 valence electrons. The summed E-state index contributed by atoms with van der Waals surface area (Å²) >= 11 is 1.75. The second-order valence-electron chi connectivity index (χ2n) is 11.4. The van der Waals surface area contributed by atoms with Crippen LogP contribution < -0.4 is 19.6 Å². The maximum atomic E-state index is 5.29. The van der Waals surface area contributed by atoms with Gasteiger partial charge in [-0.15, -0.1) is 11.3 Å². The zero-order valence-corrected chi connectivity index (χ0v) is 25.7. The summed E-state index contributed by atoms with van der Waals surface area (Å²) in [6.45, 7) is 0. The van der Waals surface area contributed by atoms with Crippen molar-refractivity contribution >= 4 is 78.4 Å². The van der Waals surface area contributed by atoms with Crippen molar-refractivity contribution in [3.8, 4) is 10.6 Å². The largest absolute Gasteiger partial charge is 0.341 e. The summed E-state index contributed by atoms with van der Waals surface area (Å²) in [6, 6.07) is 49.8. The molecule has 5 nitrogen and oxygen atoms in total. The highest BCUT2D eigenvalue weighted by Crippen LogP contribution is 2.58. The molecule has 0 unspecified atom stereocenters. The average molecular weight is 600 g/mol. The van der Waals surface area contributed by atoms with Crippen molar-refractivity contribution in [3.63, 3.8) is 0 Å². The van der Waals surface area contributed by atoms with E-state index in [0.29, 0.717) is 0 Å². The Hall–Kier alpha value is -5.59. The number of benzene rings is 6. The van der Waals surface area contributed by atoms with Crippen molar-refractivity contribution in [2.75, 3.05) is 33.7 Å². The van der Waals surface area contributed by atoms with Crippen LogP contribution in [0.1, 0.15) is 0 Å². The molecular weight excluding hydrogens is 571 g/mol. The van der Waals surface area contributed by atoms with E-state index < -0.39 is 0 Å². The van der Waals surface area contributed by atoms with Gasteiger partial charge in [-0.1, -0.05) is 66.7 Å². The molecule has 0 saturated carbocycles. The minimum Gasteiger partial charge on any atom is -0.341 e. The van der Waals surface area contributed by atoms with Crippen LogP contribution in [0, 0.1) is 0 Å². The normalized spacial score (nSPS) is 13.4. The third-order valence-electron chi connectivity index (χ3n) is 8.95. The monoisotopic (exact) mass is 599 g/mol. The van der Waals surface area contributed by atoms with Gasteiger partial charge in [0.15, 0.2) is 0 Å². The van der Waals surface area contributed by atoms with Crippen LogP contribution in [0.3, 0.4) is 0 Å². The Kier molecular flexibility index (Phi) is 5.73. The van der Waals surface area contributed by atoms with Gasteiger partial charge in [0.1, 0.15) is 5.01 Å². The lowest BCUT2D eigenvalue weighted by Crippen LogP contribution is -2.26. The predicted octanol–water partition coefficient (Wildman–Crippen LogP) is 11.1. The predicted molar refractivity (Wildman–Crippen MR) is 191 cm³/mol. The highest BCUT2D eigenvalue weighted by atomic mass is 32.1. The first kappa shape index (κ1) is 25.9. The van der Waals surface area contributed by atoms with E-state index >= 15 is 0 Å². The van der Waals surface area contributed by atoms with Crippen molar-refractivity contribution in [1.29, 1.82) is 0 Å². The van der Waals surface area contributed by atoms with E-state index in [2.05, 4.69) is 173 Å². The van der Waals surface area contributed by atoms with Crippen molar-refractivity contribution in [3.05, 3.63) is 140 Å². The van der Waals surface area contributed by atoms with Crippen molar-refractivity contribution in [2.24, 2.45) is 0 Å². The lowest BCUT2D eigenvalue weighted by atomic mass is 10.0. The van der Waals surface area contributed by atoms with E-state index in [-0.39, 0.29) is 0 Å². The third-order valence-corrected chi connectivity index (χ3v) is 10.00. The molecule has 2 aliphatic rings.